The van der Waals surface area contributed by atoms with Crippen LogP contribution in [0.5, 0.6) is 0 Å². The zero-order valence-electron chi connectivity index (χ0n) is 16.1. The van der Waals surface area contributed by atoms with Gasteiger partial charge < -0.3 is 10.6 Å². The minimum atomic E-state index is -0.157. The van der Waals surface area contributed by atoms with Gasteiger partial charge in [0.2, 0.25) is 5.91 Å². The molecular weight excluding hydrogens is 386 g/mol. The molecule has 5 nitrogen and oxygen atoms in total. The van der Waals surface area contributed by atoms with Crippen LogP contribution in [0.1, 0.15) is 15.9 Å². The molecule has 0 atom stereocenters. The van der Waals surface area contributed by atoms with Crippen LogP contribution in [0.25, 0.3) is 0 Å². The van der Waals surface area contributed by atoms with Crippen LogP contribution < -0.4 is 10.6 Å². The summed E-state index contributed by atoms with van der Waals surface area (Å²) in [6.45, 7) is 0.804. The fraction of sp³-hybridized carbons (Fsp3) is 0.130. The number of amides is 2. The number of rotatable bonds is 7. The van der Waals surface area contributed by atoms with Crippen LogP contribution in [0, 0.1) is 0 Å². The molecule has 0 bridgehead atoms. The molecule has 0 aliphatic heterocycles. The van der Waals surface area contributed by atoms with Gasteiger partial charge in [-0.1, -0.05) is 54.1 Å². The molecule has 29 heavy (non-hydrogen) atoms. The van der Waals surface area contributed by atoms with Gasteiger partial charge in [-0.05, 0) is 49.0 Å². The number of carbonyl (C=O) groups excluding carboxylic acids is 2. The highest BCUT2D eigenvalue weighted by Crippen LogP contribution is 2.20. The molecule has 3 aromatic rings. The van der Waals surface area contributed by atoms with E-state index in [2.05, 4.69) is 10.6 Å². The number of hydrogen-bond acceptors (Lipinski definition) is 3. The van der Waals surface area contributed by atoms with Gasteiger partial charge >= 0.3 is 0 Å². The Kier molecular flexibility index (Phi) is 7.00. The van der Waals surface area contributed by atoms with Crippen molar-refractivity contribution in [2.24, 2.45) is 0 Å². The van der Waals surface area contributed by atoms with Gasteiger partial charge in [-0.2, -0.15) is 0 Å². The van der Waals surface area contributed by atoms with E-state index < -0.39 is 0 Å². The third-order valence-corrected chi connectivity index (χ3v) is 4.59. The average Bonchev–Trinajstić information content (AvgIpc) is 2.71. The summed E-state index contributed by atoms with van der Waals surface area (Å²) in [6, 6.07) is 23.8. The maximum absolute atomic E-state index is 12.3. The Bertz CT molecular complexity index is 975. The SMILES string of the molecule is CN(CC(=O)Nc1ccccc1Cl)Cc1ccc(C(=O)Nc2ccccc2)cc1. The van der Waals surface area contributed by atoms with Gasteiger partial charge in [0.25, 0.3) is 5.91 Å². The molecule has 0 saturated heterocycles. The van der Waals surface area contributed by atoms with E-state index in [9.17, 15) is 9.59 Å². The Morgan fingerprint density at radius 2 is 1.52 bits per heavy atom. The molecule has 0 saturated carbocycles. The molecule has 0 fully saturated rings. The molecule has 0 radical (unpaired) electrons. The van der Waals surface area contributed by atoms with E-state index >= 15 is 0 Å². The van der Waals surface area contributed by atoms with Gasteiger partial charge in [0, 0.05) is 17.8 Å². The zero-order chi connectivity index (χ0) is 20.6. The Balaban J connectivity index is 1.51. The summed E-state index contributed by atoms with van der Waals surface area (Å²) in [5.74, 6) is -0.297. The lowest BCUT2D eigenvalue weighted by atomic mass is 10.1. The van der Waals surface area contributed by atoms with Crippen LogP contribution in [0.3, 0.4) is 0 Å². The van der Waals surface area contributed by atoms with Gasteiger partial charge in [-0.25, -0.2) is 0 Å². The van der Waals surface area contributed by atoms with Crippen molar-refractivity contribution in [3.8, 4) is 0 Å². The maximum Gasteiger partial charge on any atom is 0.255 e. The van der Waals surface area contributed by atoms with Crippen LogP contribution >= 0.6 is 11.6 Å². The number of benzene rings is 3. The van der Waals surface area contributed by atoms with E-state index in [0.717, 1.165) is 11.3 Å². The first kappa shape index (κ1) is 20.6. The van der Waals surface area contributed by atoms with E-state index in [4.69, 9.17) is 11.6 Å². The second-order valence-corrected chi connectivity index (χ2v) is 7.12. The molecule has 148 valence electrons. The van der Waals surface area contributed by atoms with Crippen LogP contribution in [0.15, 0.2) is 78.9 Å². The fourth-order valence-corrected chi connectivity index (χ4v) is 3.03. The Labute approximate surface area is 175 Å². The van der Waals surface area contributed by atoms with Crippen LogP contribution in [-0.4, -0.2) is 30.3 Å². The average molecular weight is 408 g/mol. The highest BCUT2D eigenvalue weighted by Gasteiger charge is 2.10. The molecule has 2 amide bonds. The molecule has 3 aromatic carbocycles. The van der Waals surface area contributed by atoms with Crippen molar-refractivity contribution < 1.29 is 9.59 Å². The first-order chi connectivity index (χ1) is 14.0. The molecule has 0 aromatic heterocycles. The topological polar surface area (TPSA) is 61.4 Å². The van der Waals surface area contributed by atoms with Crippen molar-refractivity contribution in [3.63, 3.8) is 0 Å². The third kappa shape index (κ3) is 6.17. The van der Waals surface area contributed by atoms with E-state index in [-0.39, 0.29) is 18.4 Å². The molecule has 2 N–H and O–H groups in total. The predicted molar refractivity (Wildman–Crippen MR) is 117 cm³/mol. The van der Waals surface area contributed by atoms with Crippen molar-refractivity contribution in [2.75, 3.05) is 24.2 Å². The van der Waals surface area contributed by atoms with Crippen LogP contribution in [-0.2, 0) is 11.3 Å². The predicted octanol–water partition coefficient (Wildman–Crippen LogP) is 4.66. The van der Waals surface area contributed by atoms with Gasteiger partial charge in [-0.3, -0.25) is 14.5 Å². The van der Waals surface area contributed by atoms with Gasteiger partial charge in [0.1, 0.15) is 0 Å². The molecule has 0 aliphatic carbocycles. The summed E-state index contributed by atoms with van der Waals surface area (Å²) in [7, 11) is 1.86. The van der Waals surface area contributed by atoms with Crippen molar-refractivity contribution in [1.82, 2.24) is 4.90 Å². The molecule has 0 heterocycles. The highest BCUT2D eigenvalue weighted by atomic mass is 35.5. The summed E-state index contributed by atoms with van der Waals surface area (Å²) in [4.78, 5) is 26.4. The molecule has 0 spiro atoms. The number of para-hydroxylation sites is 2. The van der Waals surface area contributed by atoms with Gasteiger partial charge in [0.05, 0.1) is 17.3 Å². The zero-order valence-corrected chi connectivity index (χ0v) is 16.8. The lowest BCUT2D eigenvalue weighted by molar-refractivity contribution is -0.117. The lowest BCUT2D eigenvalue weighted by Gasteiger charge is -2.17. The van der Waals surface area contributed by atoms with Crippen LogP contribution in [0.2, 0.25) is 5.02 Å². The quantitative estimate of drug-likeness (QED) is 0.598. The largest absolute Gasteiger partial charge is 0.324 e. The van der Waals surface area contributed by atoms with E-state index in [1.165, 1.54) is 0 Å². The van der Waals surface area contributed by atoms with Crippen molar-refractivity contribution >= 4 is 34.8 Å². The molecule has 3 rings (SSSR count). The second-order valence-electron chi connectivity index (χ2n) is 6.72. The van der Waals surface area contributed by atoms with Crippen molar-refractivity contribution in [2.45, 2.75) is 6.54 Å². The first-order valence-corrected chi connectivity index (χ1v) is 9.57. The highest BCUT2D eigenvalue weighted by molar-refractivity contribution is 6.33. The Morgan fingerprint density at radius 3 is 2.21 bits per heavy atom. The maximum atomic E-state index is 12.3. The number of hydrogen-bond donors (Lipinski definition) is 2. The Morgan fingerprint density at radius 1 is 0.862 bits per heavy atom. The smallest absolute Gasteiger partial charge is 0.255 e. The van der Waals surface area contributed by atoms with Gasteiger partial charge in [0.15, 0.2) is 0 Å². The number of likely N-dealkylation sites (N-methyl/N-ethyl adjacent to an activating group) is 1. The number of halogens is 1. The van der Waals surface area contributed by atoms with E-state index in [1.807, 2.05) is 66.5 Å². The standard InChI is InChI=1S/C23H22ClN3O2/c1-27(16-22(28)26-21-10-6-5-9-20(21)24)15-17-11-13-18(14-12-17)23(29)25-19-7-3-2-4-8-19/h2-14H,15-16H2,1H3,(H,25,29)(H,26,28). The number of anilines is 2. The van der Waals surface area contributed by atoms with Crippen molar-refractivity contribution in [3.05, 3.63) is 95.0 Å². The minimum absolute atomic E-state index is 0.139. The molecule has 6 heteroatoms. The first-order valence-electron chi connectivity index (χ1n) is 9.19. The van der Waals surface area contributed by atoms with Crippen LogP contribution in [0.4, 0.5) is 11.4 Å². The minimum Gasteiger partial charge on any atom is -0.324 e. The summed E-state index contributed by atoms with van der Waals surface area (Å²) in [5, 5.41) is 6.18. The summed E-state index contributed by atoms with van der Waals surface area (Å²) >= 11 is 6.07. The number of nitrogens with zero attached hydrogens (tertiary/aromatic N) is 1. The van der Waals surface area contributed by atoms with Gasteiger partial charge in [-0.15, -0.1) is 0 Å². The fourth-order valence-electron chi connectivity index (χ4n) is 2.85. The Hall–Kier alpha value is -3.15. The summed E-state index contributed by atoms with van der Waals surface area (Å²) < 4.78 is 0. The summed E-state index contributed by atoms with van der Waals surface area (Å²) in [6.07, 6.45) is 0. The van der Waals surface area contributed by atoms with Crippen molar-refractivity contribution in [1.29, 1.82) is 0 Å². The third-order valence-electron chi connectivity index (χ3n) is 4.26. The second kappa shape index (κ2) is 9.87. The number of carbonyl (C=O) groups is 2. The lowest BCUT2D eigenvalue weighted by Crippen LogP contribution is -2.29. The molecule has 0 unspecified atom stereocenters. The van der Waals surface area contributed by atoms with E-state index in [1.54, 1.807) is 24.3 Å². The monoisotopic (exact) mass is 407 g/mol. The normalized spacial score (nSPS) is 10.6. The summed E-state index contributed by atoms with van der Waals surface area (Å²) in [5.41, 5.74) is 2.94. The van der Waals surface area contributed by atoms with E-state index in [0.29, 0.717) is 22.8 Å². The molecule has 0 aliphatic rings. The number of nitrogens with one attached hydrogen (secondary N) is 2. The molecular formula is C23H22ClN3O2.